The largest absolute Gasteiger partial charge is 0.345 e. The summed E-state index contributed by atoms with van der Waals surface area (Å²) in [6.45, 7) is 2.56. The fourth-order valence-electron chi connectivity index (χ4n) is 3.37. The maximum atomic E-state index is 12.8. The Hall–Kier alpha value is -2.06. The summed E-state index contributed by atoms with van der Waals surface area (Å²) in [7, 11) is 0. The standard InChI is InChI=1S/C17H21N5O2S/c23-16(12-2-3-13-14(8-12)19-10-18-13)21-4-1-5-22(7-6-21)17(24)15-9-25-11-20-15/h2-3,8,10,15,20H,1,4-7,9,11H2,(H,18,19). The molecule has 0 bridgehead atoms. The van der Waals surface area contributed by atoms with E-state index in [4.69, 9.17) is 0 Å². The molecule has 2 N–H and O–H groups in total. The smallest absolute Gasteiger partial charge is 0.253 e. The van der Waals surface area contributed by atoms with Gasteiger partial charge in [0.1, 0.15) is 0 Å². The van der Waals surface area contributed by atoms with Crippen LogP contribution in [0.4, 0.5) is 0 Å². The molecular formula is C17H21N5O2S. The number of hydrogen-bond donors (Lipinski definition) is 2. The molecule has 4 rings (SSSR count). The Morgan fingerprint density at radius 1 is 1.16 bits per heavy atom. The van der Waals surface area contributed by atoms with Crippen molar-refractivity contribution in [3.63, 3.8) is 0 Å². The van der Waals surface area contributed by atoms with Crippen molar-refractivity contribution in [1.82, 2.24) is 25.1 Å². The summed E-state index contributed by atoms with van der Waals surface area (Å²) in [6, 6.07) is 5.45. The van der Waals surface area contributed by atoms with Crippen molar-refractivity contribution in [2.45, 2.75) is 12.5 Å². The number of amides is 2. The molecule has 2 aromatic rings. The van der Waals surface area contributed by atoms with Gasteiger partial charge in [-0.1, -0.05) is 0 Å². The van der Waals surface area contributed by atoms with E-state index >= 15 is 0 Å². The monoisotopic (exact) mass is 359 g/mol. The Morgan fingerprint density at radius 2 is 2.00 bits per heavy atom. The van der Waals surface area contributed by atoms with E-state index < -0.39 is 0 Å². The molecule has 0 saturated carbocycles. The van der Waals surface area contributed by atoms with Gasteiger partial charge in [-0.05, 0) is 24.6 Å². The summed E-state index contributed by atoms with van der Waals surface area (Å²) in [5.74, 6) is 1.85. The quantitative estimate of drug-likeness (QED) is 0.833. The second-order valence-electron chi connectivity index (χ2n) is 6.38. The van der Waals surface area contributed by atoms with Crippen LogP contribution in [0.5, 0.6) is 0 Å². The molecule has 1 atom stereocenters. The van der Waals surface area contributed by atoms with Gasteiger partial charge in [-0.25, -0.2) is 4.98 Å². The number of thioether (sulfide) groups is 1. The lowest BCUT2D eigenvalue weighted by molar-refractivity contribution is -0.132. The fourth-order valence-corrected chi connectivity index (χ4v) is 4.30. The molecule has 0 spiro atoms. The SMILES string of the molecule is O=C(c1ccc2nc[nH]c2c1)N1CCCN(C(=O)C2CSCN2)CC1. The lowest BCUT2D eigenvalue weighted by atomic mass is 10.1. The molecular weight excluding hydrogens is 338 g/mol. The van der Waals surface area contributed by atoms with Crippen molar-refractivity contribution in [2.75, 3.05) is 37.8 Å². The number of carbonyl (C=O) groups excluding carboxylic acids is 2. The molecule has 2 amide bonds. The molecule has 25 heavy (non-hydrogen) atoms. The predicted octanol–water partition coefficient (Wildman–Crippen LogP) is 0.900. The molecule has 2 fully saturated rings. The van der Waals surface area contributed by atoms with Gasteiger partial charge in [0.25, 0.3) is 5.91 Å². The minimum absolute atomic E-state index is 0.0142. The summed E-state index contributed by atoms with van der Waals surface area (Å²) >= 11 is 1.75. The Labute approximate surface area is 150 Å². The van der Waals surface area contributed by atoms with Gasteiger partial charge < -0.3 is 14.8 Å². The number of hydrogen-bond acceptors (Lipinski definition) is 5. The minimum Gasteiger partial charge on any atom is -0.345 e. The van der Waals surface area contributed by atoms with Crippen molar-refractivity contribution >= 4 is 34.6 Å². The number of aromatic nitrogens is 2. The van der Waals surface area contributed by atoms with Crippen LogP contribution in [0.1, 0.15) is 16.8 Å². The van der Waals surface area contributed by atoms with Gasteiger partial charge in [-0.3, -0.25) is 14.9 Å². The zero-order chi connectivity index (χ0) is 17.2. The first-order valence-electron chi connectivity index (χ1n) is 8.55. The van der Waals surface area contributed by atoms with Crippen LogP contribution >= 0.6 is 11.8 Å². The van der Waals surface area contributed by atoms with Gasteiger partial charge in [0.2, 0.25) is 5.91 Å². The van der Waals surface area contributed by atoms with Crippen LogP contribution in [0.15, 0.2) is 24.5 Å². The van der Waals surface area contributed by atoms with Crippen LogP contribution in [-0.2, 0) is 4.79 Å². The number of aromatic amines is 1. The third-order valence-electron chi connectivity index (χ3n) is 4.78. The average Bonchev–Trinajstić information content (AvgIpc) is 3.27. The zero-order valence-corrected chi connectivity index (χ0v) is 14.7. The second kappa shape index (κ2) is 7.05. The van der Waals surface area contributed by atoms with E-state index in [1.165, 1.54) is 0 Å². The summed E-state index contributed by atoms with van der Waals surface area (Å²) in [5, 5.41) is 3.23. The number of benzene rings is 1. The molecule has 0 aliphatic carbocycles. The Bertz CT molecular complexity index is 786. The van der Waals surface area contributed by atoms with Crippen molar-refractivity contribution < 1.29 is 9.59 Å². The Balaban J connectivity index is 1.42. The lowest BCUT2D eigenvalue weighted by Gasteiger charge is -2.24. The van der Waals surface area contributed by atoms with Crippen molar-refractivity contribution in [1.29, 1.82) is 0 Å². The first kappa shape index (κ1) is 16.4. The highest BCUT2D eigenvalue weighted by Gasteiger charge is 2.29. The number of imidazole rings is 1. The third-order valence-corrected chi connectivity index (χ3v) is 5.72. The van der Waals surface area contributed by atoms with Gasteiger partial charge in [0.05, 0.1) is 23.4 Å². The first-order chi connectivity index (χ1) is 12.2. The number of nitrogens with zero attached hydrogens (tertiary/aromatic N) is 3. The van der Waals surface area contributed by atoms with Gasteiger partial charge in [-0.2, -0.15) is 0 Å². The van der Waals surface area contributed by atoms with E-state index in [0.29, 0.717) is 31.7 Å². The molecule has 2 aliphatic heterocycles. The highest BCUT2D eigenvalue weighted by Crippen LogP contribution is 2.16. The van der Waals surface area contributed by atoms with E-state index in [9.17, 15) is 9.59 Å². The number of nitrogens with one attached hydrogen (secondary N) is 2. The van der Waals surface area contributed by atoms with Gasteiger partial charge >= 0.3 is 0 Å². The van der Waals surface area contributed by atoms with Crippen molar-refractivity contribution in [3.8, 4) is 0 Å². The number of H-pyrrole nitrogens is 1. The van der Waals surface area contributed by atoms with Crippen LogP contribution in [0.3, 0.4) is 0 Å². The number of fused-ring (bicyclic) bond motifs is 1. The zero-order valence-electron chi connectivity index (χ0n) is 13.9. The van der Waals surface area contributed by atoms with E-state index in [-0.39, 0.29) is 17.9 Å². The summed E-state index contributed by atoms with van der Waals surface area (Å²) in [6.07, 6.45) is 2.44. The van der Waals surface area contributed by atoms with Crippen LogP contribution in [0, 0.1) is 0 Å². The normalized spacial score (nSPS) is 21.5. The summed E-state index contributed by atoms with van der Waals surface area (Å²) in [4.78, 5) is 36.3. The first-order valence-corrected chi connectivity index (χ1v) is 9.70. The van der Waals surface area contributed by atoms with Crippen LogP contribution in [-0.4, -0.2) is 75.4 Å². The van der Waals surface area contributed by atoms with Crippen LogP contribution in [0.25, 0.3) is 11.0 Å². The molecule has 0 radical (unpaired) electrons. The van der Waals surface area contributed by atoms with Gasteiger partial charge in [-0.15, -0.1) is 11.8 Å². The molecule has 1 unspecified atom stereocenters. The number of rotatable bonds is 2. The summed E-state index contributed by atoms with van der Waals surface area (Å²) in [5.41, 5.74) is 2.37. The molecule has 3 heterocycles. The molecule has 132 valence electrons. The maximum Gasteiger partial charge on any atom is 0.253 e. The molecule has 2 aliphatic rings. The topological polar surface area (TPSA) is 81.3 Å². The van der Waals surface area contributed by atoms with Crippen molar-refractivity contribution in [3.05, 3.63) is 30.1 Å². The predicted molar refractivity (Wildman–Crippen MR) is 97.4 cm³/mol. The van der Waals surface area contributed by atoms with E-state index in [1.807, 2.05) is 28.0 Å². The molecule has 1 aromatic carbocycles. The highest BCUT2D eigenvalue weighted by molar-refractivity contribution is 7.99. The van der Waals surface area contributed by atoms with Crippen LogP contribution in [0.2, 0.25) is 0 Å². The highest BCUT2D eigenvalue weighted by atomic mass is 32.2. The maximum absolute atomic E-state index is 12.8. The summed E-state index contributed by atoms with van der Waals surface area (Å²) < 4.78 is 0. The van der Waals surface area contributed by atoms with Crippen molar-refractivity contribution in [2.24, 2.45) is 0 Å². The minimum atomic E-state index is -0.0740. The Kier molecular flexibility index (Phi) is 4.63. The Morgan fingerprint density at radius 3 is 2.84 bits per heavy atom. The molecule has 7 nitrogen and oxygen atoms in total. The number of carbonyl (C=O) groups is 2. The van der Waals surface area contributed by atoms with E-state index in [1.54, 1.807) is 18.1 Å². The lowest BCUT2D eigenvalue weighted by Crippen LogP contribution is -2.46. The third kappa shape index (κ3) is 3.36. The fraction of sp³-hybridized carbons (Fsp3) is 0.471. The van der Waals surface area contributed by atoms with Gasteiger partial charge in [0, 0.05) is 43.4 Å². The second-order valence-corrected chi connectivity index (χ2v) is 7.41. The molecule has 8 heteroatoms. The molecule has 1 aromatic heterocycles. The van der Waals surface area contributed by atoms with E-state index in [2.05, 4.69) is 15.3 Å². The average molecular weight is 359 g/mol. The van der Waals surface area contributed by atoms with E-state index in [0.717, 1.165) is 29.1 Å². The van der Waals surface area contributed by atoms with Crippen LogP contribution < -0.4 is 5.32 Å². The molecule has 2 saturated heterocycles. The van der Waals surface area contributed by atoms with Gasteiger partial charge in [0.15, 0.2) is 0 Å².